The van der Waals surface area contributed by atoms with Crippen LogP contribution in [0.25, 0.3) is 33.0 Å². The van der Waals surface area contributed by atoms with Crippen LogP contribution >= 0.6 is 0 Å². The van der Waals surface area contributed by atoms with E-state index in [2.05, 4.69) is 114 Å². The Balaban J connectivity index is 1.90. The smallest absolute Gasteiger partial charge is 0.0102 e. The molecule has 0 spiro atoms. The molecule has 0 radical (unpaired) electrons. The molecular weight excluding hydrogens is 360 g/mol. The molecule has 0 aliphatic heterocycles. The summed E-state index contributed by atoms with van der Waals surface area (Å²) >= 11 is 0. The van der Waals surface area contributed by atoms with E-state index in [1.54, 1.807) is 0 Å². The van der Waals surface area contributed by atoms with Crippen molar-refractivity contribution in [1.29, 1.82) is 0 Å². The van der Waals surface area contributed by atoms with E-state index in [9.17, 15) is 0 Å². The number of benzene rings is 4. The zero-order chi connectivity index (χ0) is 21.4. The molecule has 0 aromatic heterocycles. The normalized spacial score (nSPS) is 11.6. The molecule has 0 bridgehead atoms. The molecule has 0 N–H and O–H groups in total. The van der Waals surface area contributed by atoms with E-state index in [-0.39, 0.29) is 0 Å². The van der Waals surface area contributed by atoms with Crippen molar-refractivity contribution in [3.63, 3.8) is 0 Å². The number of hydrogen-bond acceptors (Lipinski definition) is 0. The van der Waals surface area contributed by atoms with Gasteiger partial charge in [0.05, 0.1) is 0 Å². The summed E-state index contributed by atoms with van der Waals surface area (Å²) in [6.45, 7) is 13.6. The van der Waals surface area contributed by atoms with Gasteiger partial charge in [-0.15, -0.1) is 0 Å². The fraction of sp³-hybridized carbons (Fsp3) is 0.267. The Kier molecular flexibility index (Phi) is 5.52. The third-order valence-corrected chi connectivity index (χ3v) is 6.34. The standard InChI is InChI=1S/C30H32/c1-19(2)29-17-23(13-11-22(29)6)24-14-16-28(30(18-24)20(3)4)27-15-12-21(5)25-9-7-8-10-26(25)27/h7-20H,1-6H3. The molecular formula is C30H32. The second-order valence-electron chi connectivity index (χ2n) is 9.16. The summed E-state index contributed by atoms with van der Waals surface area (Å²) in [6.07, 6.45) is 0. The summed E-state index contributed by atoms with van der Waals surface area (Å²) in [4.78, 5) is 0. The van der Waals surface area contributed by atoms with Crippen LogP contribution in [0.15, 0.2) is 72.8 Å². The molecule has 0 amide bonds. The topological polar surface area (TPSA) is 0 Å². The molecule has 4 aromatic rings. The van der Waals surface area contributed by atoms with Crippen molar-refractivity contribution in [3.05, 3.63) is 95.1 Å². The first-order valence-corrected chi connectivity index (χ1v) is 11.1. The van der Waals surface area contributed by atoms with Crippen molar-refractivity contribution in [2.75, 3.05) is 0 Å². The fourth-order valence-electron chi connectivity index (χ4n) is 4.59. The Labute approximate surface area is 181 Å². The minimum Gasteiger partial charge on any atom is -0.0616 e. The molecule has 0 unspecified atom stereocenters. The maximum absolute atomic E-state index is 2.41. The third kappa shape index (κ3) is 3.67. The molecule has 0 saturated carbocycles. The molecule has 0 aliphatic carbocycles. The molecule has 4 aromatic carbocycles. The molecule has 4 rings (SSSR count). The predicted molar refractivity (Wildman–Crippen MR) is 132 cm³/mol. The fourth-order valence-corrected chi connectivity index (χ4v) is 4.59. The Morgan fingerprint density at radius 2 is 1.03 bits per heavy atom. The highest BCUT2D eigenvalue weighted by Crippen LogP contribution is 2.38. The summed E-state index contributed by atoms with van der Waals surface area (Å²) in [6, 6.07) is 27.3. The van der Waals surface area contributed by atoms with E-state index in [0.29, 0.717) is 11.8 Å². The van der Waals surface area contributed by atoms with Crippen molar-refractivity contribution in [2.24, 2.45) is 0 Å². The summed E-state index contributed by atoms with van der Waals surface area (Å²) in [5.41, 5.74) is 10.9. The van der Waals surface area contributed by atoms with Gasteiger partial charge in [-0.2, -0.15) is 0 Å². The zero-order valence-electron chi connectivity index (χ0n) is 19.1. The molecule has 0 fully saturated rings. The van der Waals surface area contributed by atoms with Gasteiger partial charge < -0.3 is 0 Å². The van der Waals surface area contributed by atoms with Crippen LogP contribution in [0, 0.1) is 13.8 Å². The van der Waals surface area contributed by atoms with Gasteiger partial charge in [0.25, 0.3) is 0 Å². The van der Waals surface area contributed by atoms with Crippen LogP contribution in [0.3, 0.4) is 0 Å². The molecule has 0 heterocycles. The van der Waals surface area contributed by atoms with Crippen LogP contribution in [-0.4, -0.2) is 0 Å². The summed E-state index contributed by atoms with van der Waals surface area (Å²) in [7, 11) is 0. The molecule has 152 valence electrons. The lowest BCUT2D eigenvalue weighted by Crippen LogP contribution is -1.96. The molecule has 0 saturated heterocycles. The first kappa shape index (κ1) is 20.4. The van der Waals surface area contributed by atoms with Gasteiger partial charge in [0, 0.05) is 0 Å². The van der Waals surface area contributed by atoms with Crippen molar-refractivity contribution in [3.8, 4) is 22.3 Å². The molecule has 0 aliphatic rings. The van der Waals surface area contributed by atoms with Gasteiger partial charge in [-0.3, -0.25) is 0 Å². The second-order valence-corrected chi connectivity index (χ2v) is 9.16. The van der Waals surface area contributed by atoms with E-state index in [4.69, 9.17) is 0 Å². The minimum atomic E-state index is 0.454. The van der Waals surface area contributed by atoms with Gasteiger partial charge in [0.15, 0.2) is 0 Å². The van der Waals surface area contributed by atoms with E-state index < -0.39 is 0 Å². The predicted octanol–water partition coefficient (Wildman–Crippen LogP) is 9.04. The van der Waals surface area contributed by atoms with Crippen LogP contribution in [0.4, 0.5) is 0 Å². The van der Waals surface area contributed by atoms with Crippen LogP contribution < -0.4 is 0 Å². The van der Waals surface area contributed by atoms with E-state index in [1.807, 2.05) is 0 Å². The third-order valence-electron chi connectivity index (χ3n) is 6.34. The van der Waals surface area contributed by atoms with Gasteiger partial charge in [0.1, 0.15) is 0 Å². The molecule has 0 nitrogen and oxygen atoms in total. The average molecular weight is 393 g/mol. The Hall–Kier alpha value is -2.86. The van der Waals surface area contributed by atoms with Crippen LogP contribution in [0.5, 0.6) is 0 Å². The highest BCUT2D eigenvalue weighted by Gasteiger charge is 2.14. The van der Waals surface area contributed by atoms with Crippen molar-refractivity contribution < 1.29 is 0 Å². The van der Waals surface area contributed by atoms with Crippen LogP contribution in [0.2, 0.25) is 0 Å². The van der Waals surface area contributed by atoms with Gasteiger partial charge in [0.2, 0.25) is 0 Å². The summed E-state index contributed by atoms with van der Waals surface area (Å²) in [5.74, 6) is 0.989. The maximum Gasteiger partial charge on any atom is -0.0102 e. The lowest BCUT2D eigenvalue weighted by molar-refractivity contribution is 0.856. The van der Waals surface area contributed by atoms with Crippen molar-refractivity contribution >= 4 is 10.8 Å². The van der Waals surface area contributed by atoms with Crippen molar-refractivity contribution in [1.82, 2.24) is 0 Å². The lowest BCUT2D eigenvalue weighted by Gasteiger charge is -2.18. The SMILES string of the molecule is Cc1ccc(-c2ccc(-c3ccc(C)c4ccccc34)c(C(C)C)c2)cc1C(C)C. The highest BCUT2D eigenvalue weighted by molar-refractivity contribution is 5.99. The Morgan fingerprint density at radius 1 is 0.500 bits per heavy atom. The van der Waals surface area contributed by atoms with Gasteiger partial charge in [-0.1, -0.05) is 100 Å². The molecule has 0 atom stereocenters. The van der Waals surface area contributed by atoms with Gasteiger partial charge >= 0.3 is 0 Å². The lowest BCUT2D eigenvalue weighted by atomic mass is 9.86. The first-order chi connectivity index (χ1) is 14.4. The number of rotatable bonds is 4. The summed E-state index contributed by atoms with van der Waals surface area (Å²) in [5, 5.41) is 2.68. The number of hydrogen-bond donors (Lipinski definition) is 0. The Bertz CT molecular complexity index is 1210. The van der Waals surface area contributed by atoms with Crippen molar-refractivity contribution in [2.45, 2.75) is 53.4 Å². The van der Waals surface area contributed by atoms with E-state index in [0.717, 1.165) is 0 Å². The first-order valence-electron chi connectivity index (χ1n) is 11.1. The number of fused-ring (bicyclic) bond motifs is 1. The number of aryl methyl sites for hydroxylation is 2. The van der Waals surface area contributed by atoms with Gasteiger partial charge in [-0.25, -0.2) is 0 Å². The quantitative estimate of drug-likeness (QED) is 0.325. The minimum absolute atomic E-state index is 0.454. The maximum atomic E-state index is 2.41. The van der Waals surface area contributed by atoms with Gasteiger partial charge in [-0.05, 0) is 81.0 Å². The largest absolute Gasteiger partial charge is 0.0616 e. The second kappa shape index (κ2) is 8.11. The van der Waals surface area contributed by atoms with E-state index >= 15 is 0 Å². The Morgan fingerprint density at radius 3 is 1.70 bits per heavy atom. The summed E-state index contributed by atoms with van der Waals surface area (Å²) < 4.78 is 0. The van der Waals surface area contributed by atoms with Crippen LogP contribution in [0.1, 0.15) is 61.8 Å². The molecule has 30 heavy (non-hydrogen) atoms. The highest BCUT2D eigenvalue weighted by atomic mass is 14.2. The average Bonchev–Trinajstić information content (AvgIpc) is 2.74. The molecule has 0 heteroatoms. The monoisotopic (exact) mass is 392 g/mol. The zero-order valence-corrected chi connectivity index (χ0v) is 19.1. The van der Waals surface area contributed by atoms with Crippen LogP contribution in [-0.2, 0) is 0 Å². The van der Waals surface area contributed by atoms with E-state index in [1.165, 1.54) is 55.3 Å².